The molecule has 1 aromatic heterocycles. The maximum absolute atomic E-state index is 6.17. The first-order valence-corrected chi connectivity index (χ1v) is 14.9. The molecule has 0 aliphatic heterocycles. The number of likely N-dealkylation sites (N-methyl/N-ethyl adjacent to an activating group) is 1. The third kappa shape index (κ3) is 7.99. The van der Waals surface area contributed by atoms with Crippen LogP contribution in [0, 0.1) is 0 Å². The number of ether oxygens (including phenoxy) is 2. The number of benzene rings is 4. The molecule has 0 bridgehead atoms. The highest BCUT2D eigenvalue weighted by molar-refractivity contribution is 5.78. The minimum absolute atomic E-state index is 0.576. The van der Waals surface area contributed by atoms with Gasteiger partial charge in [0.15, 0.2) is 0 Å². The maximum atomic E-state index is 6.17. The molecule has 0 amide bonds. The lowest BCUT2D eigenvalue weighted by atomic mass is 10.1. The topological polar surface area (TPSA) is 39.5 Å². The van der Waals surface area contributed by atoms with Gasteiger partial charge in [-0.15, -0.1) is 0 Å². The summed E-state index contributed by atoms with van der Waals surface area (Å²) in [5.41, 5.74) is 5.94. The van der Waals surface area contributed by atoms with Crippen molar-refractivity contribution in [2.24, 2.45) is 0 Å². The van der Waals surface area contributed by atoms with Gasteiger partial charge in [0.25, 0.3) is 0 Å². The van der Waals surface area contributed by atoms with Crippen molar-refractivity contribution < 1.29 is 9.47 Å². The zero-order valence-electron chi connectivity index (χ0n) is 24.3. The Kier molecular flexibility index (Phi) is 10.1. The molecule has 4 aromatic carbocycles. The third-order valence-electron chi connectivity index (χ3n) is 7.65. The highest BCUT2D eigenvalue weighted by Gasteiger charge is 2.13. The Hall–Kier alpha value is -4.09. The second-order valence-electron chi connectivity index (χ2n) is 10.4. The van der Waals surface area contributed by atoms with Gasteiger partial charge >= 0.3 is 0 Å². The van der Waals surface area contributed by atoms with E-state index in [1.807, 2.05) is 18.2 Å². The molecular weight excluding hydrogens is 506 g/mol. The molecule has 212 valence electrons. The van der Waals surface area contributed by atoms with Crippen LogP contribution in [-0.4, -0.2) is 40.7 Å². The van der Waals surface area contributed by atoms with Gasteiger partial charge in [-0.05, 0) is 66.9 Å². The molecule has 41 heavy (non-hydrogen) atoms. The van der Waals surface area contributed by atoms with E-state index in [0.717, 1.165) is 73.8 Å². The number of rotatable bonds is 15. The minimum Gasteiger partial charge on any atom is -0.492 e. The monoisotopic (exact) mass is 547 g/mol. The first-order valence-electron chi connectivity index (χ1n) is 14.9. The average molecular weight is 548 g/mol. The predicted molar refractivity (Wildman–Crippen MR) is 168 cm³/mol. The van der Waals surface area contributed by atoms with Crippen LogP contribution in [0.15, 0.2) is 103 Å². The molecule has 0 atom stereocenters. The average Bonchev–Trinajstić information content (AvgIpc) is 3.38. The Bertz CT molecular complexity index is 1480. The Balaban J connectivity index is 1.28. The minimum atomic E-state index is 0.576. The SMILES string of the molecule is CCN(CC)CCOc1ccc2nc(CCc3ccc(OCc4ccccc4)cc3)n(CCc3ccccc3)c2c1. The third-order valence-corrected chi connectivity index (χ3v) is 7.65. The van der Waals surface area contributed by atoms with Crippen molar-refractivity contribution >= 4 is 11.0 Å². The van der Waals surface area contributed by atoms with Gasteiger partial charge in [0, 0.05) is 25.6 Å². The highest BCUT2D eigenvalue weighted by Crippen LogP contribution is 2.24. The number of fused-ring (bicyclic) bond motifs is 1. The normalized spacial score (nSPS) is 11.3. The Morgan fingerprint density at radius 3 is 2.02 bits per heavy atom. The Labute approximate surface area is 244 Å². The van der Waals surface area contributed by atoms with Crippen molar-refractivity contribution in [3.63, 3.8) is 0 Å². The summed E-state index contributed by atoms with van der Waals surface area (Å²) in [7, 11) is 0. The number of hydrogen-bond acceptors (Lipinski definition) is 4. The van der Waals surface area contributed by atoms with E-state index in [1.54, 1.807) is 0 Å². The van der Waals surface area contributed by atoms with Crippen LogP contribution in [0.3, 0.4) is 0 Å². The number of hydrogen-bond donors (Lipinski definition) is 0. The summed E-state index contributed by atoms with van der Waals surface area (Å²) < 4.78 is 14.5. The van der Waals surface area contributed by atoms with Gasteiger partial charge in [0.05, 0.1) is 11.0 Å². The van der Waals surface area contributed by atoms with Gasteiger partial charge in [0.2, 0.25) is 0 Å². The Morgan fingerprint density at radius 2 is 1.32 bits per heavy atom. The fourth-order valence-corrected chi connectivity index (χ4v) is 5.15. The first kappa shape index (κ1) is 28.4. The highest BCUT2D eigenvalue weighted by atomic mass is 16.5. The molecule has 0 spiro atoms. The van der Waals surface area contributed by atoms with Crippen molar-refractivity contribution in [1.29, 1.82) is 0 Å². The molecule has 0 N–H and O–H groups in total. The van der Waals surface area contributed by atoms with E-state index in [9.17, 15) is 0 Å². The lowest BCUT2D eigenvalue weighted by molar-refractivity contribution is 0.223. The lowest BCUT2D eigenvalue weighted by Gasteiger charge is -2.18. The molecule has 5 heteroatoms. The van der Waals surface area contributed by atoms with E-state index in [1.165, 1.54) is 16.7 Å². The molecule has 0 fully saturated rings. The van der Waals surface area contributed by atoms with E-state index in [2.05, 4.69) is 108 Å². The summed E-state index contributed by atoms with van der Waals surface area (Å²) in [5.74, 6) is 2.91. The molecule has 0 radical (unpaired) electrons. The second-order valence-corrected chi connectivity index (χ2v) is 10.4. The van der Waals surface area contributed by atoms with E-state index < -0.39 is 0 Å². The van der Waals surface area contributed by atoms with Gasteiger partial charge < -0.3 is 18.9 Å². The van der Waals surface area contributed by atoms with Gasteiger partial charge in [-0.2, -0.15) is 0 Å². The number of imidazole rings is 1. The molecule has 0 saturated carbocycles. The molecule has 0 aliphatic rings. The van der Waals surface area contributed by atoms with Crippen LogP contribution in [-0.2, 0) is 32.4 Å². The fourth-order valence-electron chi connectivity index (χ4n) is 5.15. The molecule has 5 aromatic rings. The summed E-state index contributed by atoms with van der Waals surface area (Å²) >= 11 is 0. The van der Waals surface area contributed by atoms with Crippen LogP contribution in [0.2, 0.25) is 0 Å². The van der Waals surface area contributed by atoms with Crippen molar-refractivity contribution in [1.82, 2.24) is 14.5 Å². The Morgan fingerprint density at radius 1 is 0.659 bits per heavy atom. The zero-order chi connectivity index (χ0) is 28.3. The fraction of sp³-hybridized carbons (Fsp3) is 0.306. The lowest BCUT2D eigenvalue weighted by Crippen LogP contribution is -2.27. The van der Waals surface area contributed by atoms with Crippen molar-refractivity contribution in [3.05, 3.63) is 126 Å². The van der Waals surface area contributed by atoms with E-state index in [0.29, 0.717) is 13.2 Å². The number of nitrogens with zero attached hydrogens (tertiary/aromatic N) is 3. The molecule has 0 aliphatic carbocycles. The molecule has 1 heterocycles. The van der Waals surface area contributed by atoms with E-state index in [4.69, 9.17) is 14.5 Å². The predicted octanol–water partition coefficient (Wildman–Crippen LogP) is 7.36. The van der Waals surface area contributed by atoms with Crippen LogP contribution >= 0.6 is 0 Å². The molecule has 0 unspecified atom stereocenters. The number of aryl methyl sites for hydroxylation is 4. The van der Waals surface area contributed by atoms with Gasteiger partial charge in [-0.25, -0.2) is 4.98 Å². The van der Waals surface area contributed by atoms with Crippen LogP contribution in [0.1, 0.15) is 36.4 Å². The van der Waals surface area contributed by atoms with E-state index in [-0.39, 0.29) is 0 Å². The van der Waals surface area contributed by atoms with Crippen molar-refractivity contribution in [2.45, 2.75) is 46.3 Å². The first-order chi connectivity index (χ1) is 20.2. The summed E-state index contributed by atoms with van der Waals surface area (Å²) in [6.07, 6.45) is 2.74. The smallest absolute Gasteiger partial charge is 0.121 e. The van der Waals surface area contributed by atoms with Gasteiger partial charge in [-0.1, -0.05) is 86.6 Å². The van der Waals surface area contributed by atoms with Gasteiger partial charge in [-0.3, -0.25) is 0 Å². The summed E-state index contributed by atoms with van der Waals surface area (Å²) in [6, 6.07) is 35.7. The summed E-state index contributed by atoms with van der Waals surface area (Å²) in [4.78, 5) is 7.45. The van der Waals surface area contributed by atoms with E-state index >= 15 is 0 Å². The van der Waals surface area contributed by atoms with Gasteiger partial charge in [0.1, 0.15) is 30.5 Å². The second kappa shape index (κ2) is 14.5. The molecule has 5 rings (SSSR count). The van der Waals surface area contributed by atoms with Crippen LogP contribution in [0.5, 0.6) is 11.5 Å². The molecular formula is C36H41N3O2. The standard InChI is InChI=1S/C36H41N3O2/c1-3-38(4-2)25-26-40-33-20-21-34-35(27-33)39(24-23-29-11-7-5-8-12-29)36(37-34)22-17-30-15-18-32(19-16-30)41-28-31-13-9-6-10-14-31/h5-16,18-21,27H,3-4,17,22-26,28H2,1-2H3. The summed E-state index contributed by atoms with van der Waals surface area (Å²) in [6.45, 7) is 9.53. The quantitative estimate of drug-likeness (QED) is 0.137. The zero-order valence-corrected chi connectivity index (χ0v) is 24.3. The van der Waals surface area contributed by atoms with Crippen molar-refractivity contribution in [2.75, 3.05) is 26.2 Å². The maximum Gasteiger partial charge on any atom is 0.121 e. The summed E-state index contributed by atoms with van der Waals surface area (Å²) in [5, 5.41) is 0. The van der Waals surface area contributed by atoms with Crippen molar-refractivity contribution in [3.8, 4) is 11.5 Å². The molecule has 0 saturated heterocycles. The molecule has 5 nitrogen and oxygen atoms in total. The van der Waals surface area contributed by atoms with Crippen LogP contribution < -0.4 is 9.47 Å². The number of aromatic nitrogens is 2. The largest absolute Gasteiger partial charge is 0.492 e. The van der Waals surface area contributed by atoms with Crippen LogP contribution in [0.4, 0.5) is 0 Å². The van der Waals surface area contributed by atoms with Crippen LogP contribution in [0.25, 0.3) is 11.0 Å².